The van der Waals surface area contributed by atoms with Crippen LogP contribution >= 0.6 is 12.4 Å². The van der Waals surface area contributed by atoms with Gasteiger partial charge in [0.15, 0.2) is 0 Å². The van der Waals surface area contributed by atoms with Crippen molar-refractivity contribution in [2.24, 2.45) is 5.92 Å². The van der Waals surface area contributed by atoms with E-state index in [-0.39, 0.29) is 18.3 Å². The van der Waals surface area contributed by atoms with E-state index in [2.05, 4.69) is 34.3 Å². The molecule has 0 saturated carbocycles. The van der Waals surface area contributed by atoms with Gasteiger partial charge in [0.2, 0.25) is 5.91 Å². The van der Waals surface area contributed by atoms with Crippen LogP contribution in [0.15, 0.2) is 28.8 Å². The first kappa shape index (κ1) is 23.4. The van der Waals surface area contributed by atoms with Crippen LogP contribution in [0.2, 0.25) is 0 Å². The van der Waals surface area contributed by atoms with Crippen LogP contribution in [0.5, 0.6) is 0 Å². The van der Waals surface area contributed by atoms with E-state index in [0.29, 0.717) is 12.5 Å². The maximum atomic E-state index is 12.3. The highest BCUT2D eigenvalue weighted by atomic mass is 35.5. The number of nitrogens with zero attached hydrogens (tertiary/aromatic N) is 3. The summed E-state index contributed by atoms with van der Waals surface area (Å²) in [6, 6.07) is 8.53. The maximum Gasteiger partial charge on any atom is 0.236 e. The number of ether oxygens (including phenoxy) is 1. The van der Waals surface area contributed by atoms with Crippen LogP contribution in [0, 0.1) is 19.8 Å². The lowest BCUT2D eigenvalue weighted by Gasteiger charge is -2.26. The average molecular weight is 422 g/mol. The van der Waals surface area contributed by atoms with Crippen molar-refractivity contribution in [2.45, 2.75) is 26.7 Å². The van der Waals surface area contributed by atoms with Crippen molar-refractivity contribution in [1.29, 1.82) is 0 Å². The molecule has 2 heterocycles. The van der Waals surface area contributed by atoms with E-state index in [1.165, 1.54) is 5.56 Å². The first-order valence-corrected chi connectivity index (χ1v) is 9.96. The van der Waals surface area contributed by atoms with Crippen LogP contribution < -0.4 is 0 Å². The highest BCUT2D eigenvalue weighted by Gasteiger charge is 2.21. The van der Waals surface area contributed by atoms with Gasteiger partial charge in [-0.1, -0.05) is 29.4 Å². The SMILES string of the molecule is Cc1noc(C)c1-c1cccc(CCN(CC(=O)N(C)C)CC2CCOC2)c1.Cl. The number of carbonyl (C=O) groups is 1. The highest BCUT2D eigenvalue weighted by molar-refractivity contribution is 5.85. The van der Waals surface area contributed by atoms with E-state index in [4.69, 9.17) is 9.26 Å². The lowest BCUT2D eigenvalue weighted by atomic mass is 10.0. The number of aryl methyl sites for hydroxylation is 2. The second kappa shape index (κ2) is 10.8. The van der Waals surface area contributed by atoms with Gasteiger partial charge in [-0.3, -0.25) is 9.69 Å². The number of amides is 1. The summed E-state index contributed by atoms with van der Waals surface area (Å²) in [4.78, 5) is 16.2. The second-order valence-corrected chi connectivity index (χ2v) is 7.90. The molecule has 0 bridgehead atoms. The molecule has 0 N–H and O–H groups in total. The summed E-state index contributed by atoms with van der Waals surface area (Å²) in [7, 11) is 3.62. The van der Waals surface area contributed by atoms with Crippen molar-refractivity contribution in [3.63, 3.8) is 0 Å². The van der Waals surface area contributed by atoms with E-state index in [0.717, 1.165) is 61.7 Å². The Hall–Kier alpha value is -1.89. The summed E-state index contributed by atoms with van der Waals surface area (Å²) in [6.45, 7) is 7.75. The predicted molar refractivity (Wildman–Crippen MR) is 116 cm³/mol. The summed E-state index contributed by atoms with van der Waals surface area (Å²) in [5, 5.41) is 4.07. The van der Waals surface area contributed by atoms with E-state index in [9.17, 15) is 4.79 Å². The Kier molecular flexibility index (Phi) is 8.68. The van der Waals surface area contributed by atoms with Crippen LogP contribution in [-0.2, 0) is 16.0 Å². The fourth-order valence-electron chi connectivity index (χ4n) is 3.72. The molecule has 160 valence electrons. The number of likely N-dealkylation sites (N-methyl/N-ethyl adjacent to an activating group) is 1. The Morgan fingerprint density at radius 2 is 2.07 bits per heavy atom. The zero-order chi connectivity index (χ0) is 20.1. The fraction of sp³-hybridized carbons (Fsp3) is 0.545. The molecule has 1 saturated heterocycles. The number of hydrogen-bond donors (Lipinski definition) is 0. The molecule has 6 nitrogen and oxygen atoms in total. The molecule has 1 amide bonds. The summed E-state index contributed by atoms with van der Waals surface area (Å²) in [5.41, 5.74) is 4.37. The van der Waals surface area contributed by atoms with E-state index in [1.807, 2.05) is 27.9 Å². The van der Waals surface area contributed by atoms with Gasteiger partial charge in [-0.25, -0.2) is 0 Å². The first-order valence-electron chi connectivity index (χ1n) is 9.96. The molecule has 1 fully saturated rings. The molecule has 3 rings (SSSR count). The standard InChI is InChI=1S/C22H31N3O3.ClH/c1-16-22(17(2)28-23-16)20-7-5-6-18(12-20)8-10-25(14-21(26)24(3)4)13-19-9-11-27-15-19;/h5-7,12,19H,8-11,13-15H2,1-4H3;1H. The van der Waals surface area contributed by atoms with Crippen molar-refractivity contribution >= 4 is 18.3 Å². The summed E-state index contributed by atoms with van der Waals surface area (Å²) >= 11 is 0. The molecule has 1 unspecified atom stereocenters. The Bertz CT molecular complexity index is 781. The maximum absolute atomic E-state index is 12.3. The molecule has 1 aliphatic heterocycles. The van der Waals surface area contributed by atoms with Gasteiger partial charge in [-0.2, -0.15) is 0 Å². The topological polar surface area (TPSA) is 58.8 Å². The Balaban J connectivity index is 0.00000300. The molecule has 1 aliphatic rings. The van der Waals surface area contributed by atoms with Gasteiger partial charge in [-0.05, 0) is 43.7 Å². The molecule has 1 atom stereocenters. The van der Waals surface area contributed by atoms with E-state index in [1.54, 1.807) is 4.90 Å². The Morgan fingerprint density at radius 1 is 1.28 bits per heavy atom. The van der Waals surface area contributed by atoms with Gasteiger partial charge >= 0.3 is 0 Å². The fourth-order valence-corrected chi connectivity index (χ4v) is 3.72. The minimum atomic E-state index is 0. The third-order valence-corrected chi connectivity index (χ3v) is 5.36. The van der Waals surface area contributed by atoms with Crippen molar-refractivity contribution in [3.05, 3.63) is 41.3 Å². The molecule has 0 spiro atoms. The number of carbonyl (C=O) groups excluding carboxylic acids is 1. The van der Waals surface area contributed by atoms with E-state index >= 15 is 0 Å². The van der Waals surface area contributed by atoms with Crippen LogP contribution in [0.25, 0.3) is 11.1 Å². The van der Waals surface area contributed by atoms with Crippen molar-refractivity contribution in [1.82, 2.24) is 15.0 Å². The van der Waals surface area contributed by atoms with E-state index < -0.39 is 0 Å². The summed E-state index contributed by atoms with van der Waals surface area (Å²) in [5.74, 6) is 1.50. The molecule has 0 aliphatic carbocycles. The summed E-state index contributed by atoms with van der Waals surface area (Å²) in [6.07, 6.45) is 1.97. The van der Waals surface area contributed by atoms with Gasteiger partial charge in [0.1, 0.15) is 5.76 Å². The molecular formula is C22H32ClN3O3. The lowest BCUT2D eigenvalue weighted by Crippen LogP contribution is -2.40. The van der Waals surface area contributed by atoms with Crippen LogP contribution in [-0.4, -0.2) is 67.8 Å². The normalized spacial score (nSPS) is 16.1. The third kappa shape index (κ3) is 6.29. The van der Waals surface area contributed by atoms with Gasteiger partial charge < -0.3 is 14.2 Å². The van der Waals surface area contributed by atoms with Gasteiger partial charge in [-0.15, -0.1) is 12.4 Å². The molecule has 2 aromatic rings. The Morgan fingerprint density at radius 3 is 2.69 bits per heavy atom. The summed E-state index contributed by atoms with van der Waals surface area (Å²) < 4.78 is 10.8. The van der Waals surface area contributed by atoms with Crippen molar-refractivity contribution < 1.29 is 14.1 Å². The quantitative estimate of drug-likeness (QED) is 0.654. The van der Waals surface area contributed by atoms with Crippen LogP contribution in [0.4, 0.5) is 0 Å². The zero-order valence-corrected chi connectivity index (χ0v) is 18.6. The Labute approximate surface area is 179 Å². The first-order chi connectivity index (χ1) is 13.4. The van der Waals surface area contributed by atoms with Gasteiger partial charge in [0, 0.05) is 39.4 Å². The number of hydrogen-bond acceptors (Lipinski definition) is 5. The van der Waals surface area contributed by atoms with Crippen molar-refractivity contribution in [2.75, 3.05) is 46.9 Å². The minimum absolute atomic E-state index is 0. The molecule has 7 heteroatoms. The molecule has 29 heavy (non-hydrogen) atoms. The van der Waals surface area contributed by atoms with Gasteiger partial charge in [0.05, 0.1) is 18.8 Å². The number of benzene rings is 1. The van der Waals surface area contributed by atoms with Crippen LogP contribution in [0.1, 0.15) is 23.4 Å². The molecule has 1 aromatic heterocycles. The van der Waals surface area contributed by atoms with Crippen LogP contribution in [0.3, 0.4) is 0 Å². The second-order valence-electron chi connectivity index (χ2n) is 7.90. The lowest BCUT2D eigenvalue weighted by molar-refractivity contribution is -0.130. The number of aromatic nitrogens is 1. The largest absolute Gasteiger partial charge is 0.381 e. The smallest absolute Gasteiger partial charge is 0.236 e. The monoisotopic (exact) mass is 421 g/mol. The highest BCUT2D eigenvalue weighted by Crippen LogP contribution is 2.27. The zero-order valence-electron chi connectivity index (χ0n) is 17.8. The van der Waals surface area contributed by atoms with Crippen molar-refractivity contribution in [3.8, 4) is 11.1 Å². The van der Waals surface area contributed by atoms with Gasteiger partial charge in [0.25, 0.3) is 0 Å². The third-order valence-electron chi connectivity index (χ3n) is 5.36. The molecule has 1 aromatic carbocycles. The molecular weight excluding hydrogens is 390 g/mol. The minimum Gasteiger partial charge on any atom is -0.381 e. The molecule has 0 radical (unpaired) electrons. The number of rotatable bonds is 8. The number of halogens is 1. The predicted octanol–water partition coefficient (Wildman–Crippen LogP) is 3.35. The average Bonchev–Trinajstić information content (AvgIpc) is 3.29.